The van der Waals surface area contributed by atoms with Gasteiger partial charge < -0.3 is 29.7 Å². The van der Waals surface area contributed by atoms with Crippen molar-refractivity contribution in [2.45, 2.75) is 0 Å². The van der Waals surface area contributed by atoms with Crippen LogP contribution in [0, 0.1) is 0 Å². The number of ether oxygens (including phenoxy) is 2. The number of phenols is 2. The van der Waals surface area contributed by atoms with Crippen molar-refractivity contribution >= 4 is 22.1 Å². The first-order valence-electron chi connectivity index (χ1n) is 14.7. The van der Waals surface area contributed by atoms with Gasteiger partial charge in [-0.2, -0.15) is 0 Å². The van der Waals surface area contributed by atoms with Crippen LogP contribution in [0.5, 0.6) is 34.5 Å². The summed E-state index contributed by atoms with van der Waals surface area (Å²) in [5.41, 5.74) is 6.92. The van der Waals surface area contributed by atoms with E-state index >= 15 is 0 Å². The third-order valence-electron chi connectivity index (χ3n) is 7.71. The molecular weight excluding hydrogens is 576 g/mol. The summed E-state index contributed by atoms with van der Waals surface area (Å²) in [6.45, 7) is 0. The zero-order valence-electron chi connectivity index (χ0n) is 24.3. The standard InChI is InChI=1S/C38H26N4O4/c43-25-13-19-29(35(21-25)45-27-15-9-23(10-16-27)37-39-31-5-1-2-6-32(31)40-37)30-20-14-26(44)22-36(30)46-28-17-11-24(12-18-28)38-41-33-7-3-4-8-34(33)42-38/h1-22,43-44H,(H,39,40)(H,41,42). The number of aromatic nitrogens is 4. The average molecular weight is 603 g/mol. The molecule has 0 saturated carbocycles. The third-order valence-corrected chi connectivity index (χ3v) is 7.71. The van der Waals surface area contributed by atoms with E-state index in [2.05, 4.69) is 19.9 Å². The maximum atomic E-state index is 10.4. The first-order valence-corrected chi connectivity index (χ1v) is 14.7. The number of hydrogen-bond acceptors (Lipinski definition) is 6. The van der Waals surface area contributed by atoms with Crippen molar-refractivity contribution in [3.63, 3.8) is 0 Å². The van der Waals surface area contributed by atoms with Gasteiger partial charge in [-0.25, -0.2) is 9.97 Å². The molecule has 6 aromatic carbocycles. The van der Waals surface area contributed by atoms with Crippen LogP contribution in [0.2, 0.25) is 0 Å². The molecule has 222 valence electrons. The monoisotopic (exact) mass is 602 g/mol. The van der Waals surface area contributed by atoms with Crippen LogP contribution in [0.3, 0.4) is 0 Å². The second kappa shape index (κ2) is 11.2. The Bertz CT molecular complexity index is 2110. The highest BCUT2D eigenvalue weighted by Gasteiger charge is 2.16. The minimum atomic E-state index is 0.0556. The summed E-state index contributed by atoms with van der Waals surface area (Å²) >= 11 is 0. The van der Waals surface area contributed by atoms with Crippen molar-refractivity contribution in [1.29, 1.82) is 0 Å². The number of hydrogen-bond donors (Lipinski definition) is 4. The molecule has 0 unspecified atom stereocenters. The highest BCUT2D eigenvalue weighted by molar-refractivity contribution is 5.81. The first kappa shape index (κ1) is 27.0. The van der Waals surface area contributed by atoms with Gasteiger partial charge in [-0.1, -0.05) is 24.3 Å². The van der Waals surface area contributed by atoms with Crippen LogP contribution >= 0.6 is 0 Å². The van der Waals surface area contributed by atoms with Crippen LogP contribution in [0.15, 0.2) is 133 Å². The topological polar surface area (TPSA) is 116 Å². The van der Waals surface area contributed by atoms with Crippen molar-refractivity contribution in [2.24, 2.45) is 0 Å². The molecular formula is C38H26N4O4. The molecule has 8 aromatic rings. The molecule has 0 saturated heterocycles. The number of aromatic amines is 2. The minimum Gasteiger partial charge on any atom is -0.508 e. The summed E-state index contributed by atoms with van der Waals surface area (Å²) in [6.07, 6.45) is 0. The number of H-pyrrole nitrogens is 2. The van der Waals surface area contributed by atoms with Gasteiger partial charge in [-0.15, -0.1) is 0 Å². The van der Waals surface area contributed by atoms with Gasteiger partial charge in [0.05, 0.1) is 22.1 Å². The van der Waals surface area contributed by atoms with Crippen LogP contribution in [0.1, 0.15) is 0 Å². The van der Waals surface area contributed by atoms with E-state index in [1.54, 1.807) is 36.4 Å². The summed E-state index contributed by atoms with van der Waals surface area (Å²) in [6, 6.07) is 40.7. The molecule has 0 radical (unpaired) electrons. The Kier molecular flexibility index (Phi) is 6.58. The van der Waals surface area contributed by atoms with Crippen molar-refractivity contribution in [3.8, 4) is 68.4 Å². The van der Waals surface area contributed by atoms with Gasteiger partial charge in [-0.3, -0.25) is 0 Å². The van der Waals surface area contributed by atoms with Gasteiger partial charge in [0.25, 0.3) is 0 Å². The predicted octanol–water partition coefficient (Wildman–Crippen LogP) is 9.44. The Balaban J connectivity index is 1.07. The molecule has 0 aliphatic carbocycles. The molecule has 0 bridgehead atoms. The number of fused-ring (bicyclic) bond motifs is 2. The van der Waals surface area contributed by atoms with E-state index < -0.39 is 0 Å². The molecule has 0 fully saturated rings. The van der Waals surface area contributed by atoms with E-state index in [1.807, 2.05) is 97.1 Å². The SMILES string of the molecule is Oc1ccc(-c2ccc(O)cc2Oc2ccc(-c3nc4ccccc4[nH]3)cc2)c(Oc2ccc(-c3nc4ccccc4[nH]3)cc2)c1. The molecule has 8 heteroatoms. The number of imidazole rings is 2. The Labute approximate surface area is 263 Å². The first-order chi connectivity index (χ1) is 22.6. The molecule has 46 heavy (non-hydrogen) atoms. The van der Waals surface area contributed by atoms with Crippen molar-refractivity contribution < 1.29 is 19.7 Å². The van der Waals surface area contributed by atoms with Crippen LogP contribution < -0.4 is 9.47 Å². The van der Waals surface area contributed by atoms with E-state index in [4.69, 9.17) is 9.47 Å². The molecule has 0 aliphatic heterocycles. The van der Waals surface area contributed by atoms with Gasteiger partial charge >= 0.3 is 0 Å². The number of aromatic hydroxyl groups is 2. The molecule has 2 aromatic heterocycles. The lowest BCUT2D eigenvalue weighted by Crippen LogP contribution is -1.93. The van der Waals surface area contributed by atoms with Crippen LogP contribution in [0.25, 0.3) is 56.0 Å². The van der Waals surface area contributed by atoms with E-state index in [-0.39, 0.29) is 11.5 Å². The van der Waals surface area contributed by atoms with Crippen molar-refractivity contribution in [3.05, 3.63) is 133 Å². The van der Waals surface area contributed by atoms with E-state index in [0.29, 0.717) is 34.1 Å². The van der Waals surface area contributed by atoms with Gasteiger partial charge in [-0.05, 0) is 97.1 Å². The number of benzene rings is 6. The quantitative estimate of drug-likeness (QED) is 0.144. The summed E-state index contributed by atoms with van der Waals surface area (Å²) in [7, 11) is 0. The van der Waals surface area contributed by atoms with E-state index in [1.165, 1.54) is 0 Å². The fourth-order valence-corrected chi connectivity index (χ4v) is 5.43. The normalized spacial score (nSPS) is 11.2. The molecule has 8 rings (SSSR count). The van der Waals surface area contributed by atoms with Crippen LogP contribution in [0.4, 0.5) is 0 Å². The summed E-state index contributed by atoms with van der Waals surface area (Å²) in [4.78, 5) is 16.0. The molecule has 4 N–H and O–H groups in total. The van der Waals surface area contributed by atoms with E-state index in [0.717, 1.165) is 44.8 Å². The van der Waals surface area contributed by atoms with Crippen molar-refractivity contribution in [1.82, 2.24) is 19.9 Å². The van der Waals surface area contributed by atoms with Gasteiger partial charge in [0, 0.05) is 34.4 Å². The fourth-order valence-electron chi connectivity index (χ4n) is 5.43. The van der Waals surface area contributed by atoms with Gasteiger partial charge in [0.1, 0.15) is 46.1 Å². The highest BCUT2D eigenvalue weighted by atomic mass is 16.5. The maximum absolute atomic E-state index is 10.4. The number of nitrogens with zero attached hydrogens (tertiary/aromatic N) is 2. The summed E-state index contributed by atoms with van der Waals surface area (Å²) < 4.78 is 12.6. The Morgan fingerprint density at radius 2 is 0.870 bits per heavy atom. The smallest absolute Gasteiger partial charge is 0.139 e. The number of rotatable bonds is 7. The Morgan fingerprint density at radius 1 is 0.457 bits per heavy atom. The second-order valence-corrected chi connectivity index (χ2v) is 10.8. The number of para-hydroxylation sites is 4. The van der Waals surface area contributed by atoms with E-state index in [9.17, 15) is 10.2 Å². The lowest BCUT2D eigenvalue weighted by atomic mass is 10.0. The molecule has 8 nitrogen and oxygen atoms in total. The molecule has 0 atom stereocenters. The predicted molar refractivity (Wildman–Crippen MR) is 178 cm³/mol. The molecule has 2 heterocycles. The zero-order chi connectivity index (χ0) is 31.0. The fraction of sp³-hybridized carbons (Fsp3) is 0. The zero-order valence-corrected chi connectivity index (χ0v) is 24.3. The summed E-state index contributed by atoms with van der Waals surface area (Å²) in [5, 5.41) is 20.7. The number of nitrogens with one attached hydrogen (secondary N) is 2. The lowest BCUT2D eigenvalue weighted by Gasteiger charge is -2.16. The van der Waals surface area contributed by atoms with Gasteiger partial charge in [0.15, 0.2) is 0 Å². The largest absolute Gasteiger partial charge is 0.508 e. The second-order valence-electron chi connectivity index (χ2n) is 10.8. The Hall–Kier alpha value is -6.54. The van der Waals surface area contributed by atoms with Crippen LogP contribution in [-0.2, 0) is 0 Å². The van der Waals surface area contributed by atoms with Crippen LogP contribution in [-0.4, -0.2) is 30.1 Å². The molecule has 0 spiro atoms. The lowest BCUT2D eigenvalue weighted by molar-refractivity contribution is 0.451. The third kappa shape index (κ3) is 5.24. The van der Waals surface area contributed by atoms with Crippen molar-refractivity contribution in [2.75, 3.05) is 0 Å². The molecule has 0 amide bonds. The highest BCUT2D eigenvalue weighted by Crippen LogP contribution is 2.43. The minimum absolute atomic E-state index is 0.0556. The average Bonchev–Trinajstić information content (AvgIpc) is 3.71. The Morgan fingerprint density at radius 3 is 1.28 bits per heavy atom. The maximum Gasteiger partial charge on any atom is 0.139 e. The van der Waals surface area contributed by atoms with Gasteiger partial charge in [0.2, 0.25) is 0 Å². The molecule has 0 aliphatic rings. The number of phenolic OH excluding ortho intramolecular Hbond substituents is 2. The summed E-state index contributed by atoms with van der Waals surface area (Å²) in [5.74, 6) is 3.65.